The third kappa shape index (κ3) is 3.20. The highest BCUT2D eigenvalue weighted by Gasteiger charge is 2.09. The van der Waals surface area contributed by atoms with Crippen LogP contribution in [-0.4, -0.2) is 0 Å². The molecule has 0 N–H and O–H groups in total. The van der Waals surface area contributed by atoms with E-state index in [1.165, 1.54) is 23.3 Å². The summed E-state index contributed by atoms with van der Waals surface area (Å²) in [4.78, 5) is 0.119. The molecule has 0 fully saturated rings. The van der Waals surface area contributed by atoms with Gasteiger partial charge in [-0.05, 0) is 35.2 Å². The molecule has 1 unspecified atom stereocenters. The van der Waals surface area contributed by atoms with Gasteiger partial charge in [-0.3, -0.25) is 0 Å². The molecule has 0 radical (unpaired) electrons. The average molecular weight is 307 g/mol. The summed E-state index contributed by atoms with van der Waals surface area (Å²) >= 11 is 3.66. The molecule has 0 saturated heterocycles. The Kier molecular flexibility index (Phi) is 4.54. The summed E-state index contributed by atoms with van der Waals surface area (Å²) in [5.74, 6) is -0.197. The van der Waals surface area contributed by atoms with Crippen LogP contribution in [0.2, 0.25) is 0 Å². The second-order valence-corrected chi connectivity index (χ2v) is 5.32. The summed E-state index contributed by atoms with van der Waals surface area (Å²) in [6.45, 7) is 2.18. The van der Waals surface area contributed by atoms with Gasteiger partial charge in [0.25, 0.3) is 0 Å². The standard InChI is InChI=1S/C16H16BrF/c1-2-3-12-4-6-13(7-5-12)16(17)14-8-10-15(18)11-9-14/h4-11,16H,2-3H2,1H3. The van der Waals surface area contributed by atoms with E-state index in [0.29, 0.717) is 0 Å². The predicted molar refractivity (Wildman–Crippen MR) is 77.6 cm³/mol. The monoisotopic (exact) mass is 306 g/mol. The highest BCUT2D eigenvalue weighted by atomic mass is 79.9. The van der Waals surface area contributed by atoms with Crippen molar-refractivity contribution in [3.63, 3.8) is 0 Å². The van der Waals surface area contributed by atoms with Gasteiger partial charge in [-0.15, -0.1) is 0 Å². The normalized spacial score (nSPS) is 12.4. The van der Waals surface area contributed by atoms with Gasteiger partial charge in [-0.25, -0.2) is 4.39 Å². The summed E-state index contributed by atoms with van der Waals surface area (Å²) in [5.41, 5.74) is 3.63. The van der Waals surface area contributed by atoms with Gasteiger partial charge in [-0.1, -0.05) is 65.7 Å². The summed E-state index contributed by atoms with van der Waals surface area (Å²) in [7, 11) is 0. The van der Waals surface area contributed by atoms with Crippen LogP contribution in [0.1, 0.15) is 34.9 Å². The molecule has 0 bridgehead atoms. The first-order valence-corrected chi connectivity index (χ1v) is 7.10. The number of halogens is 2. The van der Waals surface area contributed by atoms with Crippen molar-refractivity contribution < 1.29 is 4.39 Å². The van der Waals surface area contributed by atoms with Gasteiger partial charge in [-0.2, -0.15) is 0 Å². The topological polar surface area (TPSA) is 0 Å². The minimum Gasteiger partial charge on any atom is -0.207 e. The highest BCUT2D eigenvalue weighted by molar-refractivity contribution is 9.09. The van der Waals surface area contributed by atoms with Crippen LogP contribution < -0.4 is 0 Å². The van der Waals surface area contributed by atoms with E-state index < -0.39 is 0 Å². The molecule has 0 aromatic heterocycles. The lowest BCUT2D eigenvalue weighted by molar-refractivity contribution is 0.627. The maximum Gasteiger partial charge on any atom is 0.123 e. The van der Waals surface area contributed by atoms with E-state index in [2.05, 4.69) is 47.1 Å². The molecular formula is C16H16BrF. The van der Waals surface area contributed by atoms with Gasteiger partial charge in [0.05, 0.1) is 4.83 Å². The third-order valence-electron chi connectivity index (χ3n) is 2.97. The Morgan fingerprint density at radius 2 is 1.44 bits per heavy atom. The Labute approximate surface area is 116 Å². The molecule has 0 spiro atoms. The minimum absolute atomic E-state index is 0.119. The van der Waals surface area contributed by atoms with Gasteiger partial charge < -0.3 is 0 Å². The molecule has 2 aromatic rings. The Hall–Kier alpha value is -1.15. The molecule has 0 aliphatic rings. The fraction of sp³-hybridized carbons (Fsp3) is 0.250. The molecular weight excluding hydrogens is 291 g/mol. The zero-order valence-corrected chi connectivity index (χ0v) is 12.0. The maximum atomic E-state index is 12.9. The van der Waals surface area contributed by atoms with E-state index in [1.54, 1.807) is 0 Å². The smallest absolute Gasteiger partial charge is 0.123 e. The first-order chi connectivity index (χ1) is 8.70. The number of hydrogen-bond donors (Lipinski definition) is 0. The minimum atomic E-state index is -0.197. The van der Waals surface area contributed by atoms with E-state index in [-0.39, 0.29) is 10.6 Å². The molecule has 2 aromatic carbocycles. The number of aryl methyl sites for hydroxylation is 1. The fourth-order valence-electron chi connectivity index (χ4n) is 1.97. The van der Waals surface area contributed by atoms with E-state index in [1.807, 2.05) is 12.1 Å². The first kappa shape index (κ1) is 13.3. The molecule has 0 aliphatic carbocycles. The van der Waals surface area contributed by atoms with Gasteiger partial charge in [0.15, 0.2) is 0 Å². The Balaban J connectivity index is 2.17. The van der Waals surface area contributed by atoms with Crippen LogP contribution in [0.4, 0.5) is 4.39 Å². The van der Waals surface area contributed by atoms with Crippen LogP contribution in [0.3, 0.4) is 0 Å². The second-order valence-electron chi connectivity index (χ2n) is 4.41. The zero-order valence-electron chi connectivity index (χ0n) is 10.4. The van der Waals surface area contributed by atoms with E-state index in [0.717, 1.165) is 18.4 Å². The Morgan fingerprint density at radius 1 is 0.944 bits per heavy atom. The van der Waals surface area contributed by atoms with Crippen molar-refractivity contribution in [3.05, 3.63) is 71.0 Å². The van der Waals surface area contributed by atoms with Crippen LogP contribution in [0.5, 0.6) is 0 Å². The molecule has 0 saturated carbocycles. The van der Waals surface area contributed by atoms with E-state index in [4.69, 9.17) is 0 Å². The average Bonchev–Trinajstić information content (AvgIpc) is 2.40. The lowest BCUT2D eigenvalue weighted by Gasteiger charge is -2.11. The lowest BCUT2D eigenvalue weighted by Crippen LogP contribution is -1.93. The summed E-state index contributed by atoms with van der Waals surface area (Å²) < 4.78 is 12.9. The predicted octanol–water partition coefficient (Wildman–Crippen LogP) is 5.26. The van der Waals surface area contributed by atoms with E-state index in [9.17, 15) is 4.39 Å². The van der Waals surface area contributed by atoms with Crippen LogP contribution in [0.25, 0.3) is 0 Å². The molecule has 0 heterocycles. The van der Waals surface area contributed by atoms with Gasteiger partial charge >= 0.3 is 0 Å². The Bertz CT molecular complexity index is 488. The van der Waals surface area contributed by atoms with Crippen molar-refractivity contribution in [1.82, 2.24) is 0 Å². The van der Waals surface area contributed by atoms with Crippen molar-refractivity contribution >= 4 is 15.9 Å². The van der Waals surface area contributed by atoms with Crippen LogP contribution >= 0.6 is 15.9 Å². The number of alkyl halides is 1. The molecule has 0 amide bonds. The van der Waals surface area contributed by atoms with Gasteiger partial charge in [0.1, 0.15) is 5.82 Å². The SMILES string of the molecule is CCCc1ccc(C(Br)c2ccc(F)cc2)cc1. The molecule has 1 atom stereocenters. The molecule has 0 nitrogen and oxygen atoms in total. The summed E-state index contributed by atoms with van der Waals surface area (Å²) in [6.07, 6.45) is 2.28. The summed E-state index contributed by atoms with van der Waals surface area (Å²) in [6, 6.07) is 15.2. The van der Waals surface area contributed by atoms with Gasteiger partial charge in [0, 0.05) is 0 Å². The summed E-state index contributed by atoms with van der Waals surface area (Å²) in [5, 5.41) is 0. The second kappa shape index (κ2) is 6.14. The van der Waals surface area contributed by atoms with E-state index >= 15 is 0 Å². The molecule has 18 heavy (non-hydrogen) atoms. The first-order valence-electron chi connectivity index (χ1n) is 6.19. The highest BCUT2D eigenvalue weighted by Crippen LogP contribution is 2.30. The van der Waals surface area contributed by atoms with Crippen molar-refractivity contribution in [2.24, 2.45) is 0 Å². The number of hydrogen-bond acceptors (Lipinski definition) is 0. The van der Waals surface area contributed by atoms with Gasteiger partial charge in [0.2, 0.25) is 0 Å². The van der Waals surface area contributed by atoms with Crippen molar-refractivity contribution in [2.45, 2.75) is 24.6 Å². The largest absolute Gasteiger partial charge is 0.207 e. The van der Waals surface area contributed by atoms with Crippen molar-refractivity contribution in [1.29, 1.82) is 0 Å². The maximum absolute atomic E-state index is 12.9. The molecule has 0 aliphatic heterocycles. The van der Waals surface area contributed by atoms with Crippen molar-refractivity contribution in [3.8, 4) is 0 Å². The third-order valence-corrected chi connectivity index (χ3v) is 4.03. The Morgan fingerprint density at radius 3 is 1.94 bits per heavy atom. The van der Waals surface area contributed by atoms with Crippen LogP contribution in [-0.2, 0) is 6.42 Å². The molecule has 2 rings (SSSR count). The number of rotatable bonds is 4. The fourth-order valence-corrected chi connectivity index (χ4v) is 2.58. The van der Waals surface area contributed by atoms with Crippen LogP contribution in [0, 0.1) is 5.82 Å². The number of benzene rings is 2. The molecule has 94 valence electrons. The van der Waals surface area contributed by atoms with Crippen molar-refractivity contribution in [2.75, 3.05) is 0 Å². The zero-order chi connectivity index (χ0) is 13.0. The molecule has 2 heteroatoms. The lowest BCUT2D eigenvalue weighted by atomic mass is 10.0. The van der Waals surface area contributed by atoms with Crippen LogP contribution in [0.15, 0.2) is 48.5 Å². The quantitative estimate of drug-likeness (QED) is 0.676.